The van der Waals surface area contributed by atoms with Gasteiger partial charge < -0.3 is 15.4 Å². The van der Waals surface area contributed by atoms with Gasteiger partial charge in [-0.25, -0.2) is 4.98 Å². The van der Waals surface area contributed by atoms with Crippen molar-refractivity contribution in [2.45, 2.75) is 26.3 Å². The van der Waals surface area contributed by atoms with Crippen LogP contribution in [0.1, 0.15) is 31.3 Å². The minimum atomic E-state index is -0.274. The number of thiazole rings is 1. The number of nitrogens with one attached hydrogen (secondary N) is 2. The van der Waals surface area contributed by atoms with E-state index >= 15 is 0 Å². The summed E-state index contributed by atoms with van der Waals surface area (Å²) in [4.78, 5) is 16.3. The first-order chi connectivity index (χ1) is 9.87. The van der Waals surface area contributed by atoms with Gasteiger partial charge in [0.25, 0.3) is 5.91 Å². The highest BCUT2D eigenvalue weighted by molar-refractivity contribution is 7.14. The lowest BCUT2D eigenvalue weighted by atomic mass is 10.1. The fourth-order valence-electron chi connectivity index (χ4n) is 1.64. The number of aromatic nitrogens is 1. The number of hydrogen-bond acceptors (Lipinski definition) is 5. The predicted molar refractivity (Wildman–Crippen MR) is 85.6 cm³/mol. The Kier molecular flexibility index (Phi) is 4.47. The lowest BCUT2D eigenvalue weighted by molar-refractivity contribution is 0.0915. The third kappa shape index (κ3) is 4.46. The lowest BCUT2D eigenvalue weighted by Crippen LogP contribution is -2.40. The van der Waals surface area contributed by atoms with Gasteiger partial charge in [0.1, 0.15) is 11.4 Å². The zero-order valence-corrected chi connectivity index (χ0v) is 13.4. The molecule has 2 N–H and O–H groups in total. The molecule has 0 unspecified atom stereocenters. The second-order valence-electron chi connectivity index (χ2n) is 5.60. The second-order valence-corrected chi connectivity index (χ2v) is 6.45. The van der Waals surface area contributed by atoms with Crippen molar-refractivity contribution in [1.82, 2.24) is 10.3 Å². The highest BCUT2D eigenvalue weighted by Gasteiger charge is 2.17. The highest BCUT2D eigenvalue weighted by atomic mass is 32.1. The number of methoxy groups -OCH3 is 1. The van der Waals surface area contributed by atoms with Crippen molar-refractivity contribution in [2.24, 2.45) is 0 Å². The third-order valence-corrected chi connectivity index (χ3v) is 3.32. The zero-order chi connectivity index (χ0) is 15.5. The number of carbonyl (C=O) groups excluding carboxylic acids is 1. The van der Waals surface area contributed by atoms with Crippen molar-refractivity contribution >= 4 is 28.1 Å². The molecule has 1 aromatic heterocycles. The number of rotatable bonds is 4. The van der Waals surface area contributed by atoms with Gasteiger partial charge in [-0.1, -0.05) is 0 Å². The largest absolute Gasteiger partial charge is 0.497 e. The van der Waals surface area contributed by atoms with E-state index < -0.39 is 0 Å². The average molecular weight is 305 g/mol. The van der Waals surface area contributed by atoms with Gasteiger partial charge in [0.2, 0.25) is 0 Å². The molecule has 21 heavy (non-hydrogen) atoms. The molecule has 112 valence electrons. The standard InChI is InChI=1S/C15H19N3O2S/c1-15(2,3)18-13(19)12-9-21-14(17-12)16-10-5-7-11(20-4)8-6-10/h5-9H,1-4H3,(H,16,17)(H,18,19). The summed E-state index contributed by atoms with van der Waals surface area (Å²) in [5.74, 6) is 0.631. The second kappa shape index (κ2) is 6.13. The molecule has 0 atom stereocenters. The van der Waals surface area contributed by atoms with Crippen LogP contribution < -0.4 is 15.4 Å². The van der Waals surface area contributed by atoms with Crippen LogP contribution in [0.15, 0.2) is 29.6 Å². The summed E-state index contributed by atoms with van der Waals surface area (Å²) in [5.41, 5.74) is 1.04. The van der Waals surface area contributed by atoms with E-state index in [0.29, 0.717) is 10.8 Å². The van der Waals surface area contributed by atoms with Crippen LogP contribution in [-0.4, -0.2) is 23.5 Å². The normalized spacial score (nSPS) is 11.0. The first-order valence-corrected chi connectivity index (χ1v) is 7.44. The monoisotopic (exact) mass is 305 g/mol. The molecule has 2 aromatic rings. The predicted octanol–water partition coefficient (Wildman–Crippen LogP) is 3.42. The molecular formula is C15H19N3O2S. The lowest BCUT2D eigenvalue weighted by Gasteiger charge is -2.19. The van der Waals surface area contributed by atoms with E-state index in [1.807, 2.05) is 45.0 Å². The van der Waals surface area contributed by atoms with Crippen LogP contribution in [0, 0.1) is 0 Å². The summed E-state index contributed by atoms with van der Waals surface area (Å²) in [6, 6.07) is 7.52. The van der Waals surface area contributed by atoms with Crippen LogP contribution in [0.3, 0.4) is 0 Å². The summed E-state index contributed by atoms with van der Waals surface area (Å²) in [6.45, 7) is 5.81. The summed E-state index contributed by atoms with van der Waals surface area (Å²) >= 11 is 1.39. The Bertz CT molecular complexity index is 615. The van der Waals surface area contributed by atoms with Crippen LogP contribution in [0.25, 0.3) is 0 Å². The molecule has 0 aliphatic carbocycles. The minimum Gasteiger partial charge on any atom is -0.497 e. The van der Waals surface area contributed by atoms with Crippen LogP contribution in [0.5, 0.6) is 5.75 Å². The van der Waals surface area contributed by atoms with Crippen molar-refractivity contribution < 1.29 is 9.53 Å². The van der Waals surface area contributed by atoms with E-state index in [-0.39, 0.29) is 11.4 Å². The van der Waals surface area contributed by atoms with Gasteiger partial charge in [0.05, 0.1) is 7.11 Å². The summed E-state index contributed by atoms with van der Waals surface area (Å²) in [6.07, 6.45) is 0. The zero-order valence-electron chi connectivity index (χ0n) is 12.6. The molecule has 1 aromatic carbocycles. The maximum Gasteiger partial charge on any atom is 0.271 e. The molecule has 1 amide bonds. The van der Waals surface area contributed by atoms with Gasteiger partial charge in [0, 0.05) is 16.6 Å². The number of nitrogens with zero attached hydrogens (tertiary/aromatic N) is 1. The fraction of sp³-hybridized carbons (Fsp3) is 0.333. The van der Waals surface area contributed by atoms with E-state index in [1.54, 1.807) is 12.5 Å². The van der Waals surface area contributed by atoms with Crippen molar-refractivity contribution in [2.75, 3.05) is 12.4 Å². The number of carbonyl (C=O) groups is 1. The molecule has 0 radical (unpaired) electrons. The number of ether oxygens (including phenoxy) is 1. The molecule has 5 nitrogen and oxygen atoms in total. The van der Waals surface area contributed by atoms with Crippen LogP contribution in [0.2, 0.25) is 0 Å². The molecule has 2 rings (SSSR count). The number of anilines is 2. The fourth-order valence-corrected chi connectivity index (χ4v) is 2.35. The Hall–Kier alpha value is -2.08. The van der Waals surface area contributed by atoms with Gasteiger partial charge in [-0.15, -0.1) is 11.3 Å². The van der Waals surface area contributed by atoms with Gasteiger partial charge in [-0.3, -0.25) is 4.79 Å². The SMILES string of the molecule is COc1ccc(Nc2nc(C(=O)NC(C)(C)C)cs2)cc1. The maximum absolute atomic E-state index is 12.0. The highest BCUT2D eigenvalue weighted by Crippen LogP contribution is 2.23. The van der Waals surface area contributed by atoms with Crippen molar-refractivity contribution in [3.63, 3.8) is 0 Å². The molecule has 0 bridgehead atoms. The molecule has 1 heterocycles. The van der Waals surface area contributed by atoms with E-state index in [0.717, 1.165) is 11.4 Å². The number of benzene rings is 1. The number of hydrogen-bond donors (Lipinski definition) is 2. The van der Waals surface area contributed by atoms with Gasteiger partial charge in [-0.2, -0.15) is 0 Å². The quantitative estimate of drug-likeness (QED) is 0.908. The van der Waals surface area contributed by atoms with Crippen LogP contribution in [-0.2, 0) is 0 Å². The average Bonchev–Trinajstić information content (AvgIpc) is 2.86. The summed E-state index contributed by atoms with van der Waals surface area (Å²) < 4.78 is 5.11. The number of amides is 1. The Morgan fingerprint density at radius 1 is 1.24 bits per heavy atom. The van der Waals surface area contributed by atoms with Gasteiger partial charge in [-0.05, 0) is 45.0 Å². The Balaban J connectivity index is 2.04. The van der Waals surface area contributed by atoms with E-state index in [2.05, 4.69) is 15.6 Å². The van der Waals surface area contributed by atoms with Crippen LogP contribution in [0.4, 0.5) is 10.8 Å². The molecule has 0 fully saturated rings. The summed E-state index contributed by atoms with van der Waals surface area (Å²) in [7, 11) is 1.63. The van der Waals surface area contributed by atoms with E-state index in [1.165, 1.54) is 11.3 Å². The van der Waals surface area contributed by atoms with Gasteiger partial charge in [0.15, 0.2) is 5.13 Å². The van der Waals surface area contributed by atoms with Crippen molar-refractivity contribution in [1.29, 1.82) is 0 Å². The van der Waals surface area contributed by atoms with E-state index in [4.69, 9.17) is 4.74 Å². The minimum absolute atomic E-state index is 0.165. The Morgan fingerprint density at radius 2 is 1.90 bits per heavy atom. The smallest absolute Gasteiger partial charge is 0.271 e. The van der Waals surface area contributed by atoms with Crippen molar-refractivity contribution in [3.8, 4) is 5.75 Å². The molecule has 6 heteroatoms. The summed E-state index contributed by atoms with van der Waals surface area (Å²) in [5, 5.41) is 8.48. The molecule has 0 spiro atoms. The van der Waals surface area contributed by atoms with Crippen LogP contribution >= 0.6 is 11.3 Å². The van der Waals surface area contributed by atoms with Crippen molar-refractivity contribution in [3.05, 3.63) is 35.3 Å². The first-order valence-electron chi connectivity index (χ1n) is 6.56. The third-order valence-electron chi connectivity index (χ3n) is 2.57. The molecule has 0 saturated heterocycles. The Morgan fingerprint density at radius 3 is 2.48 bits per heavy atom. The topological polar surface area (TPSA) is 63.2 Å². The van der Waals surface area contributed by atoms with Gasteiger partial charge >= 0.3 is 0 Å². The maximum atomic E-state index is 12.0. The first kappa shape index (κ1) is 15.3. The molecule has 0 aliphatic rings. The molecular weight excluding hydrogens is 286 g/mol. The molecule has 0 saturated carbocycles. The van der Waals surface area contributed by atoms with E-state index in [9.17, 15) is 4.79 Å². The molecule has 0 aliphatic heterocycles. The Labute approximate surface area is 128 Å².